The van der Waals surface area contributed by atoms with Crippen LogP contribution in [0.5, 0.6) is 0 Å². The fourth-order valence-electron chi connectivity index (χ4n) is 1.97. The first-order chi connectivity index (χ1) is 8.51. The first-order valence-electron chi connectivity index (χ1n) is 5.67. The Labute approximate surface area is 105 Å². The highest BCUT2D eigenvalue weighted by Gasteiger charge is 2.29. The third-order valence-corrected chi connectivity index (χ3v) is 5.32. The Morgan fingerprint density at radius 1 is 1.17 bits per heavy atom. The molecule has 0 bridgehead atoms. The molecule has 98 valence electrons. The van der Waals surface area contributed by atoms with Gasteiger partial charge in [0.1, 0.15) is 0 Å². The average Bonchev–Trinajstić information content (AvgIpc) is 2.40. The standard InChI is InChI=1S/C12H14O5S/c13-12(14)9-1-3-10(4-2-9)18(15,16)11-5-7-17-8-6-11/h1-4,11H,5-8H2,(H,13,14). The van der Waals surface area contributed by atoms with E-state index in [1.807, 2.05) is 0 Å². The molecule has 0 saturated carbocycles. The molecule has 1 aromatic carbocycles. The number of carboxylic acids is 1. The second-order valence-electron chi connectivity index (χ2n) is 4.19. The molecule has 0 unspecified atom stereocenters. The van der Waals surface area contributed by atoms with Crippen molar-refractivity contribution in [1.29, 1.82) is 0 Å². The predicted octanol–water partition coefficient (Wildman–Crippen LogP) is 1.34. The predicted molar refractivity (Wildman–Crippen MR) is 64.4 cm³/mol. The van der Waals surface area contributed by atoms with Crippen LogP contribution >= 0.6 is 0 Å². The van der Waals surface area contributed by atoms with Gasteiger partial charge in [-0.25, -0.2) is 13.2 Å². The first-order valence-corrected chi connectivity index (χ1v) is 7.21. The SMILES string of the molecule is O=C(O)c1ccc(S(=O)(=O)C2CCOCC2)cc1. The Morgan fingerprint density at radius 3 is 2.22 bits per heavy atom. The zero-order valence-corrected chi connectivity index (χ0v) is 10.5. The number of sulfone groups is 1. The Balaban J connectivity index is 2.26. The first kappa shape index (κ1) is 13.0. The van der Waals surface area contributed by atoms with Crippen LogP contribution in [0.15, 0.2) is 29.2 Å². The number of aromatic carboxylic acids is 1. The fourth-order valence-corrected chi connectivity index (χ4v) is 3.68. The van der Waals surface area contributed by atoms with E-state index in [4.69, 9.17) is 9.84 Å². The highest BCUT2D eigenvalue weighted by Crippen LogP contribution is 2.23. The molecule has 18 heavy (non-hydrogen) atoms. The molecule has 1 heterocycles. The van der Waals surface area contributed by atoms with Crippen molar-refractivity contribution in [3.05, 3.63) is 29.8 Å². The van der Waals surface area contributed by atoms with E-state index < -0.39 is 21.1 Å². The smallest absolute Gasteiger partial charge is 0.335 e. The van der Waals surface area contributed by atoms with Crippen molar-refractivity contribution in [2.75, 3.05) is 13.2 Å². The minimum Gasteiger partial charge on any atom is -0.478 e. The van der Waals surface area contributed by atoms with Crippen molar-refractivity contribution in [2.45, 2.75) is 23.0 Å². The van der Waals surface area contributed by atoms with Crippen LogP contribution < -0.4 is 0 Å². The molecule has 1 saturated heterocycles. The summed E-state index contributed by atoms with van der Waals surface area (Å²) in [5.74, 6) is -1.06. The van der Waals surface area contributed by atoms with E-state index in [2.05, 4.69) is 0 Å². The second kappa shape index (κ2) is 5.07. The van der Waals surface area contributed by atoms with Gasteiger partial charge in [-0.1, -0.05) is 0 Å². The van der Waals surface area contributed by atoms with Crippen molar-refractivity contribution in [1.82, 2.24) is 0 Å². The fraction of sp³-hybridized carbons (Fsp3) is 0.417. The quantitative estimate of drug-likeness (QED) is 0.896. The summed E-state index contributed by atoms with van der Waals surface area (Å²) >= 11 is 0. The Hall–Kier alpha value is -1.40. The van der Waals surface area contributed by atoms with Gasteiger partial charge < -0.3 is 9.84 Å². The number of hydrogen-bond acceptors (Lipinski definition) is 4. The Kier molecular flexibility index (Phi) is 3.68. The van der Waals surface area contributed by atoms with Gasteiger partial charge in [0.25, 0.3) is 0 Å². The minimum absolute atomic E-state index is 0.0842. The third kappa shape index (κ3) is 2.54. The monoisotopic (exact) mass is 270 g/mol. The molecule has 0 aliphatic carbocycles. The van der Waals surface area contributed by atoms with Gasteiger partial charge in [-0.2, -0.15) is 0 Å². The molecule has 0 radical (unpaired) electrons. The lowest BCUT2D eigenvalue weighted by atomic mass is 10.2. The number of rotatable bonds is 3. The van der Waals surface area contributed by atoms with Gasteiger partial charge >= 0.3 is 5.97 Å². The Morgan fingerprint density at radius 2 is 1.72 bits per heavy atom. The summed E-state index contributed by atoms with van der Waals surface area (Å²) in [6.07, 6.45) is 0.978. The van der Waals surface area contributed by atoms with Gasteiger partial charge in [0.2, 0.25) is 0 Å². The molecule has 1 aliphatic heterocycles. The molecule has 2 rings (SSSR count). The lowest BCUT2D eigenvalue weighted by Crippen LogP contribution is -2.28. The summed E-state index contributed by atoms with van der Waals surface area (Å²) in [4.78, 5) is 10.9. The molecule has 6 heteroatoms. The third-order valence-electron chi connectivity index (χ3n) is 3.04. The molecule has 5 nitrogen and oxygen atoms in total. The topological polar surface area (TPSA) is 80.7 Å². The summed E-state index contributed by atoms with van der Waals surface area (Å²) in [5, 5.41) is 8.33. The van der Waals surface area contributed by atoms with Crippen LogP contribution in [0.1, 0.15) is 23.2 Å². The lowest BCUT2D eigenvalue weighted by molar-refractivity contribution is 0.0696. The van der Waals surface area contributed by atoms with Crippen molar-refractivity contribution in [3.63, 3.8) is 0 Å². The van der Waals surface area contributed by atoms with Crippen LogP contribution in [0.3, 0.4) is 0 Å². The molecular weight excluding hydrogens is 256 g/mol. The molecular formula is C12H14O5S. The molecule has 1 N–H and O–H groups in total. The van der Waals surface area contributed by atoms with Crippen LogP contribution in [-0.4, -0.2) is 38.0 Å². The number of benzene rings is 1. The second-order valence-corrected chi connectivity index (χ2v) is 6.41. The van der Waals surface area contributed by atoms with E-state index in [0.717, 1.165) is 0 Å². The van der Waals surface area contributed by atoms with E-state index in [9.17, 15) is 13.2 Å². The van der Waals surface area contributed by atoms with Crippen molar-refractivity contribution in [2.24, 2.45) is 0 Å². The molecule has 0 atom stereocenters. The maximum atomic E-state index is 12.3. The molecule has 0 spiro atoms. The van der Waals surface area contributed by atoms with Crippen molar-refractivity contribution in [3.8, 4) is 0 Å². The number of carbonyl (C=O) groups is 1. The normalized spacial score (nSPS) is 17.6. The van der Waals surface area contributed by atoms with Gasteiger partial charge in [-0.05, 0) is 37.1 Å². The largest absolute Gasteiger partial charge is 0.478 e. The van der Waals surface area contributed by atoms with E-state index in [0.29, 0.717) is 26.1 Å². The lowest BCUT2D eigenvalue weighted by Gasteiger charge is -2.22. The van der Waals surface area contributed by atoms with Crippen molar-refractivity contribution >= 4 is 15.8 Å². The Bertz CT molecular complexity index is 526. The van der Waals surface area contributed by atoms with E-state index in [-0.39, 0.29) is 10.5 Å². The minimum atomic E-state index is -3.38. The zero-order valence-electron chi connectivity index (χ0n) is 9.70. The molecule has 0 aromatic heterocycles. The van der Waals surface area contributed by atoms with Crippen molar-refractivity contribution < 1.29 is 23.1 Å². The van der Waals surface area contributed by atoms with Crippen LogP contribution in [-0.2, 0) is 14.6 Å². The van der Waals surface area contributed by atoms with Crippen LogP contribution in [0.25, 0.3) is 0 Å². The molecule has 0 amide bonds. The van der Waals surface area contributed by atoms with Gasteiger partial charge in [-0.3, -0.25) is 0 Å². The number of hydrogen-bond donors (Lipinski definition) is 1. The van der Waals surface area contributed by atoms with Gasteiger partial charge in [0.15, 0.2) is 9.84 Å². The van der Waals surface area contributed by atoms with Gasteiger partial charge in [0.05, 0.1) is 15.7 Å². The molecule has 1 fully saturated rings. The van der Waals surface area contributed by atoms with E-state index >= 15 is 0 Å². The molecule has 1 aliphatic rings. The van der Waals surface area contributed by atoms with E-state index in [1.165, 1.54) is 24.3 Å². The summed E-state index contributed by atoms with van der Waals surface area (Å²) < 4.78 is 29.7. The number of carboxylic acid groups (broad SMARTS) is 1. The average molecular weight is 270 g/mol. The van der Waals surface area contributed by atoms with Crippen LogP contribution in [0, 0.1) is 0 Å². The van der Waals surface area contributed by atoms with Gasteiger partial charge in [0, 0.05) is 13.2 Å². The van der Waals surface area contributed by atoms with E-state index in [1.54, 1.807) is 0 Å². The zero-order chi connectivity index (χ0) is 13.2. The van der Waals surface area contributed by atoms with Crippen LogP contribution in [0.4, 0.5) is 0 Å². The summed E-state index contributed by atoms with van der Waals surface area (Å²) in [5.41, 5.74) is 0.0842. The molecule has 1 aromatic rings. The van der Waals surface area contributed by atoms with Gasteiger partial charge in [-0.15, -0.1) is 0 Å². The van der Waals surface area contributed by atoms with Crippen LogP contribution in [0.2, 0.25) is 0 Å². The maximum Gasteiger partial charge on any atom is 0.335 e. The number of ether oxygens (including phenoxy) is 1. The summed E-state index contributed by atoms with van der Waals surface area (Å²) in [7, 11) is -3.38. The summed E-state index contributed by atoms with van der Waals surface area (Å²) in [6.45, 7) is 0.911. The maximum absolute atomic E-state index is 12.3. The highest BCUT2D eigenvalue weighted by atomic mass is 32.2. The highest BCUT2D eigenvalue weighted by molar-refractivity contribution is 7.92. The summed E-state index contributed by atoms with van der Waals surface area (Å²) in [6, 6.07) is 5.34.